The number of nitrogen functional groups attached to an aromatic ring is 1. The summed E-state index contributed by atoms with van der Waals surface area (Å²) >= 11 is 5.24. The van der Waals surface area contributed by atoms with Gasteiger partial charge in [0.2, 0.25) is 0 Å². The van der Waals surface area contributed by atoms with E-state index in [1.807, 2.05) is 38.1 Å². The quantitative estimate of drug-likeness (QED) is 0.370. The van der Waals surface area contributed by atoms with Crippen LogP contribution in [0.15, 0.2) is 48.5 Å². The lowest BCUT2D eigenvalue weighted by Crippen LogP contribution is -2.29. The minimum Gasteiger partial charge on any atom is -0.300 e. The third kappa shape index (κ3) is 10.8. The largest absolute Gasteiger partial charge is 0.300 e. The average molecular weight is 363 g/mol. The van der Waals surface area contributed by atoms with Gasteiger partial charge in [0.05, 0.1) is 0 Å². The van der Waals surface area contributed by atoms with Crippen molar-refractivity contribution in [2.45, 2.75) is 27.7 Å². The summed E-state index contributed by atoms with van der Waals surface area (Å²) in [6.45, 7) is 6.94. The number of halogens is 1. The molecule has 134 valence electrons. The molecule has 2 aromatic carbocycles. The van der Waals surface area contributed by atoms with Gasteiger partial charge in [-0.05, 0) is 57.5 Å². The van der Waals surface area contributed by atoms with E-state index in [1.54, 1.807) is 24.3 Å². The molecule has 0 fully saturated rings. The van der Waals surface area contributed by atoms with E-state index in [9.17, 15) is 14.4 Å². The van der Waals surface area contributed by atoms with Crippen LogP contribution in [0, 0.1) is 13.8 Å². The molecule has 5 nitrogen and oxygen atoms in total. The predicted octanol–water partition coefficient (Wildman–Crippen LogP) is 3.57. The number of benzene rings is 2. The Morgan fingerprint density at radius 1 is 0.880 bits per heavy atom. The average Bonchev–Trinajstić information content (AvgIpc) is 2.55. The number of carbonyl (C=O) groups excluding carboxylic acids is 3. The number of nitrogens with two attached hydrogens (primary N) is 1. The van der Waals surface area contributed by atoms with Gasteiger partial charge in [-0.1, -0.05) is 41.5 Å². The van der Waals surface area contributed by atoms with Gasteiger partial charge in [-0.2, -0.15) is 0 Å². The first-order valence-electron chi connectivity index (χ1n) is 7.48. The van der Waals surface area contributed by atoms with E-state index >= 15 is 0 Å². The van der Waals surface area contributed by atoms with E-state index in [4.69, 9.17) is 17.4 Å². The Bertz CT molecular complexity index is 709. The normalized spacial score (nSPS) is 8.88. The molecule has 0 aliphatic heterocycles. The maximum atomic E-state index is 10.9. The van der Waals surface area contributed by atoms with Crippen LogP contribution < -0.4 is 11.3 Å². The first kappa shape index (κ1) is 22.5. The van der Waals surface area contributed by atoms with Crippen LogP contribution in [0.2, 0.25) is 0 Å². The number of rotatable bonds is 2. The van der Waals surface area contributed by atoms with Crippen molar-refractivity contribution in [3.63, 3.8) is 0 Å². The second kappa shape index (κ2) is 11.9. The number of hydrazine groups is 1. The summed E-state index contributed by atoms with van der Waals surface area (Å²) < 4.78 is 0. The fourth-order valence-electron chi connectivity index (χ4n) is 1.56. The second-order valence-electron chi connectivity index (χ2n) is 5.39. The lowest BCUT2D eigenvalue weighted by molar-refractivity contribution is -0.115. The van der Waals surface area contributed by atoms with Gasteiger partial charge in [0.15, 0.2) is 0 Å². The van der Waals surface area contributed by atoms with E-state index in [1.165, 1.54) is 13.8 Å². The number of Topliss-reactive ketones (excluding diaryl/α,β-unsaturated/α-hetero) is 1. The van der Waals surface area contributed by atoms with Gasteiger partial charge >= 0.3 is 0 Å². The molecule has 0 aromatic heterocycles. The molecule has 0 radical (unpaired) electrons. The Hall–Kier alpha value is -2.50. The molecule has 6 heteroatoms. The first-order chi connectivity index (χ1) is 11.7. The van der Waals surface area contributed by atoms with Crippen LogP contribution in [0.3, 0.4) is 0 Å². The highest BCUT2D eigenvalue weighted by atomic mass is 35.5. The summed E-state index contributed by atoms with van der Waals surface area (Å²) in [5.74, 6) is 4.85. The topological polar surface area (TPSA) is 89.3 Å². The third-order valence-electron chi connectivity index (χ3n) is 2.69. The molecule has 2 aromatic rings. The lowest BCUT2D eigenvalue weighted by atomic mass is 10.1. The zero-order valence-electron chi connectivity index (χ0n) is 14.8. The standard InChI is InChI=1S/C8H7ClO.C8H10N2O.C3H6O/c1-6-3-2-4-7(5-6)8(9)10;1-6-2-4-7(5-3-6)8(11)10-9;1-3(2)4/h2-5H,1H3;2-5H,9H2,1H3,(H,10,11);1-2H3. The van der Waals surface area contributed by atoms with E-state index in [0.717, 1.165) is 11.1 Å². The molecular formula is C19H23ClN2O3. The Labute approximate surface area is 153 Å². The lowest BCUT2D eigenvalue weighted by Gasteiger charge is -1.98. The Kier molecular flexibility index (Phi) is 10.8. The molecule has 1 amide bonds. The minimum absolute atomic E-state index is 0.167. The number of carbonyl (C=O) groups is 3. The van der Waals surface area contributed by atoms with Gasteiger partial charge in [0.1, 0.15) is 5.78 Å². The van der Waals surface area contributed by atoms with Crippen LogP contribution in [-0.2, 0) is 4.79 Å². The van der Waals surface area contributed by atoms with Crippen molar-refractivity contribution in [2.24, 2.45) is 5.84 Å². The Morgan fingerprint density at radius 3 is 1.76 bits per heavy atom. The van der Waals surface area contributed by atoms with Crippen LogP contribution >= 0.6 is 11.6 Å². The molecule has 0 heterocycles. The van der Waals surface area contributed by atoms with Gasteiger partial charge in [-0.15, -0.1) is 0 Å². The van der Waals surface area contributed by atoms with E-state index < -0.39 is 5.24 Å². The number of aryl methyl sites for hydroxylation is 2. The molecule has 25 heavy (non-hydrogen) atoms. The summed E-state index contributed by atoms with van der Waals surface area (Å²) in [7, 11) is 0. The van der Waals surface area contributed by atoms with Crippen molar-refractivity contribution in [2.75, 3.05) is 0 Å². The van der Waals surface area contributed by atoms with Crippen molar-refractivity contribution in [1.29, 1.82) is 0 Å². The molecule has 0 spiro atoms. The fraction of sp³-hybridized carbons (Fsp3) is 0.211. The van der Waals surface area contributed by atoms with Gasteiger partial charge in [0.25, 0.3) is 11.1 Å². The fourth-order valence-corrected chi connectivity index (χ4v) is 1.67. The third-order valence-corrected chi connectivity index (χ3v) is 2.91. The summed E-state index contributed by atoms with van der Waals surface area (Å²) in [4.78, 5) is 30.9. The first-order valence-corrected chi connectivity index (χ1v) is 7.86. The molecule has 0 saturated heterocycles. The van der Waals surface area contributed by atoms with E-state index in [-0.39, 0.29) is 11.7 Å². The van der Waals surface area contributed by atoms with Crippen molar-refractivity contribution in [3.05, 3.63) is 70.8 Å². The predicted molar refractivity (Wildman–Crippen MR) is 101 cm³/mol. The summed E-state index contributed by atoms with van der Waals surface area (Å²) in [6, 6.07) is 14.4. The number of nitrogens with one attached hydrogen (secondary N) is 1. The number of ketones is 1. The van der Waals surface area contributed by atoms with Crippen molar-refractivity contribution in [3.8, 4) is 0 Å². The maximum Gasteiger partial charge on any atom is 0.265 e. The zero-order valence-corrected chi connectivity index (χ0v) is 15.6. The molecule has 0 aliphatic rings. The van der Waals surface area contributed by atoms with Crippen LogP contribution in [0.4, 0.5) is 0 Å². The molecule has 0 saturated carbocycles. The summed E-state index contributed by atoms with van der Waals surface area (Å²) in [6.07, 6.45) is 0. The van der Waals surface area contributed by atoms with Crippen molar-refractivity contribution in [1.82, 2.24) is 5.43 Å². The van der Waals surface area contributed by atoms with Gasteiger partial charge in [0, 0.05) is 11.1 Å². The van der Waals surface area contributed by atoms with E-state index in [2.05, 4.69) is 5.43 Å². The number of hydrogen-bond donors (Lipinski definition) is 2. The number of hydrogen-bond acceptors (Lipinski definition) is 4. The second-order valence-corrected chi connectivity index (χ2v) is 5.73. The highest BCUT2D eigenvalue weighted by Gasteiger charge is 2.00. The molecule has 2 rings (SSSR count). The maximum absolute atomic E-state index is 10.9. The highest BCUT2D eigenvalue weighted by molar-refractivity contribution is 6.67. The summed E-state index contributed by atoms with van der Waals surface area (Å²) in [5.41, 5.74) is 5.37. The zero-order chi connectivity index (χ0) is 19.4. The molecule has 0 aliphatic carbocycles. The molecule has 0 bridgehead atoms. The summed E-state index contributed by atoms with van der Waals surface area (Å²) in [5, 5.41) is -0.399. The van der Waals surface area contributed by atoms with Crippen molar-refractivity contribution < 1.29 is 14.4 Å². The SMILES string of the molecule is CC(C)=O.Cc1ccc(C(=O)NN)cc1.Cc1cccc(C(=O)Cl)c1. The van der Waals surface area contributed by atoms with Gasteiger partial charge < -0.3 is 4.79 Å². The van der Waals surface area contributed by atoms with Crippen molar-refractivity contribution >= 4 is 28.5 Å². The van der Waals surface area contributed by atoms with Crippen LogP contribution in [-0.4, -0.2) is 16.9 Å². The minimum atomic E-state index is -0.399. The smallest absolute Gasteiger partial charge is 0.265 e. The molecule has 3 N–H and O–H groups in total. The van der Waals surface area contributed by atoms with Crippen LogP contribution in [0.25, 0.3) is 0 Å². The molecule has 0 unspecified atom stereocenters. The number of amides is 1. The molecular weight excluding hydrogens is 340 g/mol. The van der Waals surface area contributed by atoms with Crippen LogP contribution in [0.1, 0.15) is 45.7 Å². The Morgan fingerprint density at radius 2 is 1.40 bits per heavy atom. The Balaban J connectivity index is 0.000000383. The monoisotopic (exact) mass is 362 g/mol. The molecule has 0 atom stereocenters. The highest BCUT2D eigenvalue weighted by Crippen LogP contribution is 2.06. The van der Waals surface area contributed by atoms with Gasteiger partial charge in [-0.3, -0.25) is 15.0 Å². The van der Waals surface area contributed by atoms with Crippen LogP contribution in [0.5, 0.6) is 0 Å². The van der Waals surface area contributed by atoms with Gasteiger partial charge in [-0.25, -0.2) is 5.84 Å². The van der Waals surface area contributed by atoms with E-state index in [0.29, 0.717) is 11.1 Å².